The molecule has 4 rings (SSSR count). The average molecular weight is 427 g/mol. The first-order valence-electron chi connectivity index (χ1n) is 9.81. The van der Waals surface area contributed by atoms with E-state index < -0.39 is 0 Å². The van der Waals surface area contributed by atoms with Crippen molar-refractivity contribution >= 4 is 41.3 Å². The van der Waals surface area contributed by atoms with Crippen LogP contribution in [0.5, 0.6) is 0 Å². The fraction of sp³-hybridized carbons (Fsp3) is 0.304. The van der Waals surface area contributed by atoms with Gasteiger partial charge in [-0.05, 0) is 48.7 Å². The molecular formula is C23H23ClN2O2S. The summed E-state index contributed by atoms with van der Waals surface area (Å²) in [5.74, 6) is 1.01. The van der Waals surface area contributed by atoms with Gasteiger partial charge >= 0.3 is 0 Å². The summed E-state index contributed by atoms with van der Waals surface area (Å²) in [5.41, 5.74) is 1.68. The van der Waals surface area contributed by atoms with Gasteiger partial charge < -0.3 is 9.80 Å². The molecule has 2 amide bonds. The standard InChI is InChI=1S/C23H23ClN2O2S/c24-20-9-7-19(8-10-20)22(28)26-16-17-29-23(26)12-14-25(15-13-23)21(27)11-6-18-4-2-1-3-5-18/h1-11H,12-17H2/b11-6+. The van der Waals surface area contributed by atoms with Crippen LogP contribution in [0.4, 0.5) is 0 Å². The molecule has 2 fully saturated rings. The van der Waals surface area contributed by atoms with Gasteiger partial charge in [-0.25, -0.2) is 0 Å². The Hall–Kier alpha value is -2.24. The molecule has 1 spiro atoms. The van der Waals surface area contributed by atoms with Crippen LogP contribution in [0.3, 0.4) is 0 Å². The van der Waals surface area contributed by atoms with E-state index in [1.807, 2.05) is 58.0 Å². The van der Waals surface area contributed by atoms with Gasteiger partial charge in [-0.3, -0.25) is 9.59 Å². The quantitative estimate of drug-likeness (QED) is 0.675. The predicted molar refractivity (Wildman–Crippen MR) is 119 cm³/mol. The smallest absolute Gasteiger partial charge is 0.254 e. The van der Waals surface area contributed by atoms with Crippen molar-refractivity contribution in [3.05, 3.63) is 76.8 Å². The number of nitrogens with zero attached hydrogens (tertiary/aromatic N) is 2. The summed E-state index contributed by atoms with van der Waals surface area (Å²) in [5, 5.41) is 0.627. The van der Waals surface area contributed by atoms with E-state index in [1.165, 1.54) is 0 Å². The Morgan fingerprint density at radius 2 is 1.66 bits per heavy atom. The molecule has 150 valence electrons. The SMILES string of the molecule is O=C(/C=C/c1ccccc1)N1CCC2(CC1)SCCN2C(=O)c1ccc(Cl)cc1. The minimum Gasteiger partial charge on any atom is -0.339 e. The summed E-state index contributed by atoms with van der Waals surface area (Å²) in [6.45, 7) is 2.07. The van der Waals surface area contributed by atoms with E-state index in [2.05, 4.69) is 0 Å². The molecule has 0 unspecified atom stereocenters. The fourth-order valence-electron chi connectivity index (χ4n) is 3.97. The lowest BCUT2D eigenvalue weighted by Gasteiger charge is -2.44. The molecule has 0 N–H and O–H groups in total. The molecule has 6 heteroatoms. The summed E-state index contributed by atoms with van der Waals surface area (Å²) in [7, 11) is 0. The highest BCUT2D eigenvalue weighted by molar-refractivity contribution is 8.00. The second-order valence-corrected chi connectivity index (χ2v) is 9.22. The largest absolute Gasteiger partial charge is 0.339 e. The molecule has 0 bridgehead atoms. The molecule has 2 aliphatic heterocycles. The Bertz CT molecular complexity index is 906. The Morgan fingerprint density at radius 1 is 0.966 bits per heavy atom. The third kappa shape index (κ3) is 4.36. The number of carbonyl (C=O) groups is 2. The van der Waals surface area contributed by atoms with Crippen molar-refractivity contribution in [2.24, 2.45) is 0 Å². The first-order valence-corrected chi connectivity index (χ1v) is 11.2. The van der Waals surface area contributed by atoms with E-state index in [9.17, 15) is 9.59 Å². The number of piperidine rings is 1. The van der Waals surface area contributed by atoms with Crippen LogP contribution in [0, 0.1) is 0 Å². The fourth-order valence-corrected chi connectivity index (χ4v) is 5.55. The molecule has 0 aromatic heterocycles. The van der Waals surface area contributed by atoms with Crippen LogP contribution in [-0.4, -0.2) is 51.9 Å². The molecule has 0 radical (unpaired) electrons. The molecule has 2 aliphatic rings. The first-order chi connectivity index (χ1) is 14.1. The van der Waals surface area contributed by atoms with Crippen molar-refractivity contribution < 1.29 is 9.59 Å². The number of hydrogen-bond acceptors (Lipinski definition) is 3. The monoisotopic (exact) mass is 426 g/mol. The molecule has 0 saturated carbocycles. The van der Waals surface area contributed by atoms with Gasteiger partial charge in [0.2, 0.25) is 5.91 Å². The van der Waals surface area contributed by atoms with E-state index in [-0.39, 0.29) is 16.7 Å². The molecule has 29 heavy (non-hydrogen) atoms. The van der Waals surface area contributed by atoms with E-state index in [0.717, 1.165) is 30.7 Å². The lowest BCUT2D eigenvalue weighted by molar-refractivity contribution is -0.127. The van der Waals surface area contributed by atoms with Crippen LogP contribution in [0.15, 0.2) is 60.7 Å². The average Bonchev–Trinajstić information content (AvgIpc) is 3.16. The van der Waals surface area contributed by atoms with Crippen molar-refractivity contribution in [3.63, 3.8) is 0 Å². The highest BCUT2D eigenvalue weighted by atomic mass is 35.5. The van der Waals surface area contributed by atoms with Crippen LogP contribution in [0.2, 0.25) is 5.02 Å². The number of rotatable bonds is 3. The summed E-state index contributed by atoms with van der Waals surface area (Å²) >= 11 is 7.80. The normalized spacial score (nSPS) is 18.5. The number of halogens is 1. The number of thioether (sulfide) groups is 1. The molecule has 0 aliphatic carbocycles. The van der Waals surface area contributed by atoms with Gasteiger partial charge in [0.1, 0.15) is 0 Å². The van der Waals surface area contributed by atoms with Crippen molar-refractivity contribution in [1.29, 1.82) is 0 Å². The van der Waals surface area contributed by atoms with Gasteiger partial charge in [0, 0.05) is 42.0 Å². The van der Waals surface area contributed by atoms with Crippen molar-refractivity contribution in [2.45, 2.75) is 17.7 Å². The second-order valence-electron chi connectivity index (χ2n) is 7.33. The third-order valence-electron chi connectivity index (χ3n) is 5.59. The minimum absolute atomic E-state index is 0.0299. The predicted octanol–water partition coefficient (Wildman–Crippen LogP) is 4.56. The summed E-state index contributed by atoms with van der Waals surface area (Å²) in [4.78, 5) is 29.3. The lowest BCUT2D eigenvalue weighted by Crippen LogP contribution is -2.53. The molecule has 2 heterocycles. The summed E-state index contributed by atoms with van der Waals surface area (Å²) < 4.78 is 0. The summed E-state index contributed by atoms with van der Waals surface area (Å²) in [6, 6.07) is 16.9. The van der Waals surface area contributed by atoms with Gasteiger partial charge in [-0.1, -0.05) is 41.9 Å². The Balaban J connectivity index is 1.40. The Kier molecular flexibility index (Phi) is 5.97. The van der Waals surface area contributed by atoms with Crippen LogP contribution < -0.4 is 0 Å². The van der Waals surface area contributed by atoms with Gasteiger partial charge in [0.05, 0.1) is 4.87 Å². The number of benzene rings is 2. The maximum absolute atomic E-state index is 13.1. The Labute approximate surface area is 180 Å². The van der Waals surface area contributed by atoms with Crippen LogP contribution in [0.1, 0.15) is 28.8 Å². The van der Waals surface area contributed by atoms with E-state index >= 15 is 0 Å². The number of hydrogen-bond donors (Lipinski definition) is 0. The topological polar surface area (TPSA) is 40.6 Å². The maximum Gasteiger partial charge on any atom is 0.254 e. The zero-order valence-corrected chi connectivity index (χ0v) is 17.7. The number of carbonyl (C=O) groups excluding carboxylic acids is 2. The van der Waals surface area contributed by atoms with Gasteiger partial charge in [0.15, 0.2) is 0 Å². The molecule has 4 nitrogen and oxygen atoms in total. The molecule has 2 aromatic carbocycles. The number of likely N-dealkylation sites (tertiary alicyclic amines) is 1. The van der Waals surface area contributed by atoms with Crippen molar-refractivity contribution in [1.82, 2.24) is 9.80 Å². The van der Waals surface area contributed by atoms with Gasteiger partial charge in [0.25, 0.3) is 5.91 Å². The van der Waals surface area contributed by atoms with E-state index in [4.69, 9.17) is 11.6 Å². The second kappa shape index (κ2) is 8.64. The van der Waals surface area contributed by atoms with Crippen LogP contribution in [-0.2, 0) is 4.79 Å². The number of amides is 2. The highest BCUT2D eigenvalue weighted by Gasteiger charge is 2.46. The van der Waals surface area contributed by atoms with Crippen LogP contribution >= 0.6 is 23.4 Å². The highest BCUT2D eigenvalue weighted by Crippen LogP contribution is 2.44. The minimum atomic E-state index is -0.212. The zero-order chi connectivity index (χ0) is 20.3. The molecule has 2 saturated heterocycles. The van der Waals surface area contributed by atoms with Crippen molar-refractivity contribution in [2.75, 3.05) is 25.4 Å². The van der Waals surface area contributed by atoms with E-state index in [1.54, 1.807) is 30.3 Å². The van der Waals surface area contributed by atoms with Crippen LogP contribution in [0.25, 0.3) is 6.08 Å². The van der Waals surface area contributed by atoms with Gasteiger partial charge in [-0.2, -0.15) is 0 Å². The van der Waals surface area contributed by atoms with E-state index in [0.29, 0.717) is 23.7 Å². The van der Waals surface area contributed by atoms with Gasteiger partial charge in [-0.15, -0.1) is 11.8 Å². The Morgan fingerprint density at radius 3 is 2.34 bits per heavy atom. The zero-order valence-electron chi connectivity index (χ0n) is 16.1. The third-order valence-corrected chi connectivity index (χ3v) is 7.39. The van der Waals surface area contributed by atoms with Crippen molar-refractivity contribution in [3.8, 4) is 0 Å². The first kappa shape index (κ1) is 20.0. The lowest BCUT2D eigenvalue weighted by atomic mass is 10.0. The molecule has 0 atom stereocenters. The molecular weight excluding hydrogens is 404 g/mol. The molecule has 2 aromatic rings. The summed E-state index contributed by atoms with van der Waals surface area (Å²) in [6.07, 6.45) is 5.09. The maximum atomic E-state index is 13.1.